The normalized spacial score (nSPS) is 10.1. The second-order valence-corrected chi connectivity index (χ2v) is 3.59. The molecule has 0 N–H and O–H groups in total. The Morgan fingerprint density at radius 2 is 2.50 bits per heavy atom. The van der Waals surface area contributed by atoms with Gasteiger partial charge in [0.2, 0.25) is 5.91 Å². The summed E-state index contributed by atoms with van der Waals surface area (Å²) in [5, 5.41) is 1.93. The summed E-state index contributed by atoms with van der Waals surface area (Å²) in [7, 11) is 1.75. The number of hydrogen-bond donors (Lipinski definition) is 0. The van der Waals surface area contributed by atoms with Crippen molar-refractivity contribution in [3.8, 4) is 0 Å². The van der Waals surface area contributed by atoms with Crippen molar-refractivity contribution >= 4 is 17.2 Å². The lowest BCUT2D eigenvalue weighted by Gasteiger charge is -2.15. The Balaban J connectivity index is 2.34. The molecule has 0 unspecified atom stereocenters. The maximum Gasteiger partial charge on any atom is 0.248 e. The molecule has 0 radical (unpaired) electrons. The highest BCUT2D eigenvalue weighted by Crippen LogP contribution is 2.04. The molecule has 1 amide bonds. The Kier molecular flexibility index (Phi) is 4.55. The third-order valence-electron chi connectivity index (χ3n) is 1.74. The highest BCUT2D eigenvalue weighted by molar-refractivity contribution is 7.07. The third-order valence-corrected chi connectivity index (χ3v) is 2.37. The molecule has 0 atom stereocenters. The molecule has 1 aromatic rings. The molecule has 0 aromatic carbocycles. The molecule has 0 aliphatic rings. The summed E-state index contributed by atoms with van der Waals surface area (Å²) in [6.07, 6.45) is 0. The van der Waals surface area contributed by atoms with Gasteiger partial charge in [-0.05, 0) is 6.92 Å². The minimum atomic E-state index is -0.0140. The van der Waals surface area contributed by atoms with E-state index in [1.807, 2.05) is 12.3 Å². The van der Waals surface area contributed by atoms with Gasteiger partial charge >= 0.3 is 0 Å². The number of hydrogen-bond acceptors (Lipinski definition) is 4. The van der Waals surface area contributed by atoms with Crippen LogP contribution in [0, 0.1) is 0 Å². The fourth-order valence-corrected chi connectivity index (χ4v) is 1.50. The van der Waals surface area contributed by atoms with E-state index in [0.717, 1.165) is 5.69 Å². The first-order valence-corrected chi connectivity index (χ1v) is 5.37. The number of rotatable bonds is 5. The standard InChI is InChI=1S/C9H14N2O2S/c1-3-13-5-9(12)11(2)4-8-6-14-7-10-8/h6-7H,3-5H2,1-2H3. The van der Waals surface area contributed by atoms with Crippen LogP contribution in [-0.2, 0) is 16.1 Å². The van der Waals surface area contributed by atoms with E-state index >= 15 is 0 Å². The zero-order valence-corrected chi connectivity index (χ0v) is 9.21. The number of likely N-dealkylation sites (N-methyl/N-ethyl adjacent to an activating group) is 1. The van der Waals surface area contributed by atoms with Crippen molar-refractivity contribution in [1.82, 2.24) is 9.88 Å². The number of amides is 1. The maximum atomic E-state index is 11.4. The lowest BCUT2D eigenvalue weighted by Crippen LogP contribution is -2.29. The third kappa shape index (κ3) is 3.43. The number of nitrogens with zero attached hydrogens (tertiary/aromatic N) is 2. The van der Waals surface area contributed by atoms with Crippen LogP contribution in [-0.4, -0.2) is 36.1 Å². The van der Waals surface area contributed by atoms with Crippen LogP contribution in [0.5, 0.6) is 0 Å². The maximum absolute atomic E-state index is 11.4. The van der Waals surface area contributed by atoms with Gasteiger partial charge in [0.25, 0.3) is 0 Å². The average Bonchev–Trinajstić information content (AvgIpc) is 2.66. The van der Waals surface area contributed by atoms with E-state index in [2.05, 4.69) is 4.98 Å². The Morgan fingerprint density at radius 1 is 1.71 bits per heavy atom. The highest BCUT2D eigenvalue weighted by Gasteiger charge is 2.09. The molecule has 5 heteroatoms. The van der Waals surface area contributed by atoms with Crippen molar-refractivity contribution < 1.29 is 9.53 Å². The number of ether oxygens (including phenoxy) is 1. The van der Waals surface area contributed by atoms with Crippen molar-refractivity contribution in [3.63, 3.8) is 0 Å². The largest absolute Gasteiger partial charge is 0.372 e. The molecular formula is C9H14N2O2S. The molecule has 1 aromatic heterocycles. The molecule has 0 saturated carbocycles. The average molecular weight is 214 g/mol. The fourth-order valence-electron chi connectivity index (χ4n) is 0.946. The van der Waals surface area contributed by atoms with E-state index in [9.17, 15) is 4.79 Å². The first-order chi connectivity index (χ1) is 6.74. The minimum Gasteiger partial charge on any atom is -0.372 e. The van der Waals surface area contributed by atoms with Gasteiger partial charge in [-0.1, -0.05) is 0 Å². The Morgan fingerprint density at radius 3 is 3.07 bits per heavy atom. The smallest absolute Gasteiger partial charge is 0.248 e. The van der Waals surface area contributed by atoms with Gasteiger partial charge in [-0.15, -0.1) is 11.3 Å². The zero-order chi connectivity index (χ0) is 10.4. The van der Waals surface area contributed by atoms with Crippen molar-refractivity contribution in [2.24, 2.45) is 0 Å². The van der Waals surface area contributed by atoms with E-state index in [1.54, 1.807) is 17.5 Å². The minimum absolute atomic E-state index is 0.0140. The lowest BCUT2D eigenvalue weighted by atomic mass is 10.4. The topological polar surface area (TPSA) is 42.4 Å². The molecule has 0 spiro atoms. The van der Waals surface area contributed by atoms with E-state index in [-0.39, 0.29) is 12.5 Å². The molecule has 0 saturated heterocycles. The molecule has 0 bridgehead atoms. The predicted molar refractivity (Wildman–Crippen MR) is 55.1 cm³/mol. The van der Waals surface area contributed by atoms with Crippen LogP contribution in [0.1, 0.15) is 12.6 Å². The molecule has 1 rings (SSSR count). The van der Waals surface area contributed by atoms with Gasteiger partial charge < -0.3 is 9.64 Å². The summed E-state index contributed by atoms with van der Waals surface area (Å²) in [4.78, 5) is 17.1. The first kappa shape index (κ1) is 11.1. The first-order valence-electron chi connectivity index (χ1n) is 4.42. The Bertz CT molecular complexity index is 274. The van der Waals surface area contributed by atoms with Gasteiger partial charge in [0.05, 0.1) is 17.7 Å². The SMILES string of the molecule is CCOCC(=O)N(C)Cc1cscn1. The predicted octanol–water partition coefficient (Wildman–Crippen LogP) is 1.14. The quantitative estimate of drug-likeness (QED) is 0.738. The van der Waals surface area contributed by atoms with E-state index < -0.39 is 0 Å². The van der Waals surface area contributed by atoms with Crippen LogP contribution >= 0.6 is 11.3 Å². The van der Waals surface area contributed by atoms with Crippen molar-refractivity contribution in [2.75, 3.05) is 20.3 Å². The highest BCUT2D eigenvalue weighted by atomic mass is 32.1. The van der Waals surface area contributed by atoms with Gasteiger partial charge in [-0.2, -0.15) is 0 Å². The Hall–Kier alpha value is -0.940. The van der Waals surface area contributed by atoms with E-state index in [1.165, 1.54) is 11.3 Å². The van der Waals surface area contributed by atoms with Crippen LogP contribution in [0.4, 0.5) is 0 Å². The summed E-state index contributed by atoms with van der Waals surface area (Å²) in [6, 6.07) is 0. The van der Waals surface area contributed by atoms with Gasteiger partial charge in [-0.25, -0.2) is 4.98 Å². The fraction of sp³-hybridized carbons (Fsp3) is 0.556. The second-order valence-electron chi connectivity index (χ2n) is 2.87. The van der Waals surface area contributed by atoms with Gasteiger partial charge in [0, 0.05) is 19.0 Å². The monoisotopic (exact) mass is 214 g/mol. The van der Waals surface area contributed by atoms with Crippen LogP contribution < -0.4 is 0 Å². The number of carbonyl (C=O) groups excluding carboxylic acids is 1. The summed E-state index contributed by atoms with van der Waals surface area (Å²) in [5.41, 5.74) is 2.68. The summed E-state index contributed by atoms with van der Waals surface area (Å²) >= 11 is 1.53. The van der Waals surface area contributed by atoms with Crippen LogP contribution in [0.3, 0.4) is 0 Å². The molecule has 0 aliphatic carbocycles. The van der Waals surface area contributed by atoms with Crippen LogP contribution in [0.15, 0.2) is 10.9 Å². The summed E-state index contributed by atoms with van der Waals surface area (Å²) < 4.78 is 5.03. The van der Waals surface area contributed by atoms with Crippen molar-refractivity contribution in [3.05, 3.63) is 16.6 Å². The van der Waals surface area contributed by atoms with Crippen molar-refractivity contribution in [1.29, 1.82) is 0 Å². The number of aromatic nitrogens is 1. The number of thiazole rings is 1. The van der Waals surface area contributed by atoms with Gasteiger partial charge in [-0.3, -0.25) is 4.79 Å². The number of carbonyl (C=O) groups is 1. The zero-order valence-electron chi connectivity index (χ0n) is 8.40. The summed E-state index contributed by atoms with van der Waals surface area (Å²) in [6.45, 7) is 3.14. The Labute approximate surface area is 87.5 Å². The second kappa shape index (κ2) is 5.72. The molecule has 14 heavy (non-hydrogen) atoms. The molecule has 0 fully saturated rings. The summed E-state index contributed by atoms with van der Waals surface area (Å²) in [5.74, 6) is -0.0140. The molecule has 1 heterocycles. The van der Waals surface area contributed by atoms with Crippen LogP contribution in [0.25, 0.3) is 0 Å². The van der Waals surface area contributed by atoms with E-state index in [0.29, 0.717) is 13.2 Å². The lowest BCUT2D eigenvalue weighted by molar-refractivity contribution is -0.135. The molecular weight excluding hydrogens is 200 g/mol. The molecule has 78 valence electrons. The van der Waals surface area contributed by atoms with Gasteiger partial charge in [0.1, 0.15) is 6.61 Å². The van der Waals surface area contributed by atoms with E-state index in [4.69, 9.17) is 4.74 Å². The molecule has 4 nitrogen and oxygen atoms in total. The van der Waals surface area contributed by atoms with Crippen molar-refractivity contribution in [2.45, 2.75) is 13.5 Å². The van der Waals surface area contributed by atoms with Gasteiger partial charge in [0.15, 0.2) is 0 Å². The molecule has 0 aliphatic heterocycles. The van der Waals surface area contributed by atoms with Crippen LogP contribution in [0.2, 0.25) is 0 Å².